The molecule has 11 heavy (non-hydrogen) atoms. The Bertz CT molecular complexity index is 176. The molecular formula is C10H18O. The van der Waals surface area contributed by atoms with E-state index in [1.807, 2.05) is 0 Å². The topological polar surface area (TPSA) is 20.2 Å². The average molecular weight is 154 g/mol. The second-order valence-corrected chi connectivity index (χ2v) is 4.83. The van der Waals surface area contributed by atoms with E-state index in [1.54, 1.807) is 0 Å². The van der Waals surface area contributed by atoms with E-state index in [-0.39, 0.29) is 6.10 Å². The van der Waals surface area contributed by atoms with E-state index in [9.17, 15) is 5.11 Å². The van der Waals surface area contributed by atoms with E-state index in [4.69, 9.17) is 0 Å². The number of aliphatic hydroxyl groups excluding tert-OH is 1. The third-order valence-electron chi connectivity index (χ3n) is 4.16. The molecule has 2 rings (SSSR count). The molecule has 0 aliphatic heterocycles. The monoisotopic (exact) mass is 154 g/mol. The number of aliphatic hydroxyl groups is 1. The van der Waals surface area contributed by atoms with Crippen molar-refractivity contribution in [3.05, 3.63) is 0 Å². The predicted molar refractivity (Wildman–Crippen MR) is 45.2 cm³/mol. The molecule has 0 aromatic rings. The molecule has 0 radical (unpaired) electrons. The van der Waals surface area contributed by atoms with Gasteiger partial charge in [0.25, 0.3) is 0 Å². The van der Waals surface area contributed by atoms with Crippen molar-refractivity contribution in [1.29, 1.82) is 0 Å². The Balaban J connectivity index is 2.13. The minimum absolute atomic E-state index is 0.00356. The summed E-state index contributed by atoms with van der Waals surface area (Å²) in [6, 6.07) is 0. The Hall–Kier alpha value is -0.0400. The van der Waals surface area contributed by atoms with Crippen molar-refractivity contribution < 1.29 is 5.11 Å². The molecule has 64 valence electrons. The highest BCUT2D eigenvalue weighted by Gasteiger charge is 2.64. The molecule has 0 bridgehead atoms. The zero-order valence-electron chi connectivity index (χ0n) is 7.67. The summed E-state index contributed by atoms with van der Waals surface area (Å²) in [5.74, 6) is 2.18. The van der Waals surface area contributed by atoms with Crippen molar-refractivity contribution in [2.75, 3.05) is 0 Å². The van der Waals surface area contributed by atoms with Gasteiger partial charge in [-0.2, -0.15) is 0 Å². The maximum Gasteiger partial charge on any atom is 0.0574 e. The van der Waals surface area contributed by atoms with Gasteiger partial charge in [-0.3, -0.25) is 0 Å². The number of hydrogen-bond acceptors (Lipinski definition) is 1. The van der Waals surface area contributed by atoms with Crippen LogP contribution in [0.25, 0.3) is 0 Å². The number of fused-ring (bicyclic) bond motifs is 1. The maximum atomic E-state index is 9.61. The lowest BCUT2D eigenvalue weighted by Crippen LogP contribution is -2.15. The fraction of sp³-hybridized carbons (Fsp3) is 1.00. The van der Waals surface area contributed by atoms with Gasteiger partial charge < -0.3 is 5.11 Å². The summed E-state index contributed by atoms with van der Waals surface area (Å²) in [4.78, 5) is 0. The third kappa shape index (κ3) is 0.807. The lowest BCUT2D eigenvalue weighted by Gasteiger charge is -2.17. The highest BCUT2D eigenvalue weighted by molar-refractivity contribution is 5.13. The van der Waals surface area contributed by atoms with E-state index in [0.717, 1.165) is 18.3 Å². The molecular weight excluding hydrogens is 136 g/mol. The van der Waals surface area contributed by atoms with Crippen molar-refractivity contribution in [3.63, 3.8) is 0 Å². The van der Waals surface area contributed by atoms with E-state index in [1.165, 1.54) is 6.42 Å². The first kappa shape index (κ1) is 7.60. The van der Waals surface area contributed by atoms with Crippen LogP contribution < -0.4 is 0 Å². The van der Waals surface area contributed by atoms with Gasteiger partial charge in [0.15, 0.2) is 0 Å². The van der Waals surface area contributed by atoms with Crippen LogP contribution in [0.5, 0.6) is 0 Å². The highest BCUT2D eigenvalue weighted by Crippen LogP contribution is 2.69. The van der Waals surface area contributed by atoms with Gasteiger partial charge in [0.05, 0.1) is 6.10 Å². The maximum absolute atomic E-state index is 9.61. The van der Waals surface area contributed by atoms with Gasteiger partial charge in [0, 0.05) is 0 Å². The first-order valence-electron chi connectivity index (χ1n) is 4.76. The van der Waals surface area contributed by atoms with Crippen molar-refractivity contribution in [2.45, 2.75) is 39.7 Å². The molecule has 0 aromatic heterocycles. The standard InChI is InChI=1S/C10H18O/c1-6(2)10-4-8(10)7(3)9(11)5-10/h6-9,11H,4-5H2,1-3H3/t7-,8-,9-,10-/m0/s1. The van der Waals surface area contributed by atoms with Crippen LogP contribution in [0.2, 0.25) is 0 Å². The summed E-state index contributed by atoms with van der Waals surface area (Å²) in [5.41, 5.74) is 0.554. The van der Waals surface area contributed by atoms with Crippen LogP contribution in [0.1, 0.15) is 33.6 Å². The van der Waals surface area contributed by atoms with Crippen molar-refractivity contribution in [1.82, 2.24) is 0 Å². The minimum atomic E-state index is -0.00356. The Kier molecular flexibility index (Phi) is 1.39. The van der Waals surface area contributed by atoms with Crippen molar-refractivity contribution in [2.24, 2.45) is 23.2 Å². The number of rotatable bonds is 1. The minimum Gasteiger partial charge on any atom is -0.393 e. The van der Waals surface area contributed by atoms with Crippen LogP contribution in [-0.2, 0) is 0 Å². The van der Waals surface area contributed by atoms with Gasteiger partial charge in [-0.25, -0.2) is 0 Å². The molecule has 0 saturated heterocycles. The number of hydrogen-bond donors (Lipinski definition) is 1. The van der Waals surface area contributed by atoms with Gasteiger partial charge in [-0.05, 0) is 36.0 Å². The van der Waals surface area contributed by atoms with E-state index in [2.05, 4.69) is 20.8 Å². The van der Waals surface area contributed by atoms with Gasteiger partial charge in [-0.15, -0.1) is 0 Å². The zero-order valence-corrected chi connectivity index (χ0v) is 7.67. The summed E-state index contributed by atoms with van der Waals surface area (Å²) in [6.45, 7) is 6.79. The molecule has 4 atom stereocenters. The summed E-state index contributed by atoms with van der Waals surface area (Å²) >= 11 is 0. The Labute approximate surface area is 68.8 Å². The largest absolute Gasteiger partial charge is 0.393 e. The normalized spacial score (nSPS) is 54.8. The van der Waals surface area contributed by atoms with Crippen LogP contribution >= 0.6 is 0 Å². The summed E-state index contributed by atoms with van der Waals surface area (Å²) < 4.78 is 0. The van der Waals surface area contributed by atoms with Crippen LogP contribution in [0.15, 0.2) is 0 Å². The van der Waals surface area contributed by atoms with Gasteiger partial charge in [-0.1, -0.05) is 20.8 Å². The predicted octanol–water partition coefficient (Wildman–Crippen LogP) is 2.05. The fourth-order valence-electron chi connectivity index (χ4n) is 3.04. The van der Waals surface area contributed by atoms with E-state index >= 15 is 0 Å². The van der Waals surface area contributed by atoms with Crippen molar-refractivity contribution in [3.8, 4) is 0 Å². The van der Waals surface area contributed by atoms with Crippen LogP contribution in [0.4, 0.5) is 0 Å². The molecule has 0 spiro atoms. The molecule has 2 aliphatic carbocycles. The van der Waals surface area contributed by atoms with E-state index < -0.39 is 0 Å². The molecule has 1 heteroatoms. The highest BCUT2D eigenvalue weighted by atomic mass is 16.3. The molecule has 2 fully saturated rings. The molecule has 0 amide bonds. The Morgan fingerprint density at radius 2 is 2.00 bits per heavy atom. The molecule has 0 unspecified atom stereocenters. The lowest BCUT2D eigenvalue weighted by molar-refractivity contribution is 0.113. The Morgan fingerprint density at radius 1 is 1.36 bits per heavy atom. The Morgan fingerprint density at radius 3 is 2.27 bits per heavy atom. The van der Waals surface area contributed by atoms with Crippen LogP contribution in [0.3, 0.4) is 0 Å². The summed E-state index contributed by atoms with van der Waals surface area (Å²) in [6.07, 6.45) is 2.44. The second-order valence-electron chi connectivity index (χ2n) is 4.83. The average Bonchev–Trinajstić information content (AvgIpc) is 2.57. The third-order valence-corrected chi connectivity index (χ3v) is 4.16. The first-order chi connectivity index (χ1) is 5.08. The van der Waals surface area contributed by atoms with Crippen LogP contribution in [0, 0.1) is 23.2 Å². The lowest BCUT2D eigenvalue weighted by atomic mass is 9.89. The van der Waals surface area contributed by atoms with Crippen molar-refractivity contribution >= 4 is 0 Å². The van der Waals surface area contributed by atoms with Gasteiger partial charge >= 0.3 is 0 Å². The molecule has 1 N–H and O–H groups in total. The van der Waals surface area contributed by atoms with E-state index in [0.29, 0.717) is 11.3 Å². The second kappa shape index (κ2) is 2.01. The van der Waals surface area contributed by atoms with Gasteiger partial charge in [0.1, 0.15) is 0 Å². The first-order valence-corrected chi connectivity index (χ1v) is 4.76. The smallest absolute Gasteiger partial charge is 0.0574 e. The fourth-order valence-corrected chi connectivity index (χ4v) is 3.04. The zero-order chi connectivity index (χ0) is 8.22. The quantitative estimate of drug-likeness (QED) is 0.613. The summed E-state index contributed by atoms with van der Waals surface area (Å²) in [5, 5.41) is 9.61. The molecule has 0 aromatic carbocycles. The molecule has 0 heterocycles. The van der Waals surface area contributed by atoms with Gasteiger partial charge in [0.2, 0.25) is 0 Å². The molecule has 2 saturated carbocycles. The SMILES string of the molecule is CC(C)[C@]12C[C@H](O)[C@@H](C)[C@@H]1C2. The van der Waals surface area contributed by atoms with Crippen LogP contribution in [-0.4, -0.2) is 11.2 Å². The molecule has 1 nitrogen and oxygen atoms in total. The molecule has 2 aliphatic rings. The summed E-state index contributed by atoms with van der Waals surface area (Å²) in [7, 11) is 0.